The molecule has 0 aromatic heterocycles. The Morgan fingerprint density at radius 2 is 2.15 bits per heavy atom. The Bertz CT molecular complexity index is 735. The Kier molecular flexibility index (Phi) is 7.20. The number of hydrogen-bond donors (Lipinski definition) is 1. The van der Waals surface area contributed by atoms with Crippen LogP contribution < -0.4 is 14.8 Å². The summed E-state index contributed by atoms with van der Waals surface area (Å²) in [5.74, 6) is 1.39. The summed E-state index contributed by atoms with van der Waals surface area (Å²) in [7, 11) is 1.65. The van der Waals surface area contributed by atoms with Gasteiger partial charge in [0.15, 0.2) is 11.5 Å². The van der Waals surface area contributed by atoms with Crippen molar-refractivity contribution in [3.05, 3.63) is 57.0 Å². The third-order valence-corrected chi connectivity index (χ3v) is 5.11. The number of benzene rings is 2. The Labute approximate surface area is 167 Å². The highest BCUT2D eigenvalue weighted by Crippen LogP contribution is 2.37. The molecule has 0 saturated carbocycles. The van der Waals surface area contributed by atoms with Crippen molar-refractivity contribution in [2.45, 2.75) is 32.1 Å². The minimum Gasteiger partial charge on any atom is -0.493 e. The van der Waals surface area contributed by atoms with Gasteiger partial charge >= 0.3 is 0 Å². The molecule has 0 amide bonds. The van der Waals surface area contributed by atoms with E-state index < -0.39 is 0 Å². The van der Waals surface area contributed by atoms with Crippen LogP contribution in [0.25, 0.3) is 0 Å². The molecule has 2 aromatic carbocycles. The zero-order valence-corrected chi connectivity index (χ0v) is 17.1. The summed E-state index contributed by atoms with van der Waals surface area (Å²) in [6.07, 6.45) is 2.63. The summed E-state index contributed by atoms with van der Waals surface area (Å²) >= 11 is 9.63. The lowest BCUT2D eigenvalue weighted by atomic mass is 10.2. The van der Waals surface area contributed by atoms with Gasteiger partial charge in [0.25, 0.3) is 0 Å². The summed E-state index contributed by atoms with van der Waals surface area (Å²) in [6.45, 7) is 2.92. The molecule has 1 atom stereocenters. The highest BCUT2D eigenvalue weighted by molar-refractivity contribution is 9.10. The lowest BCUT2D eigenvalue weighted by Crippen LogP contribution is -2.25. The highest BCUT2D eigenvalue weighted by Gasteiger charge is 2.16. The maximum Gasteiger partial charge on any atom is 0.175 e. The molecule has 4 nitrogen and oxygen atoms in total. The molecular weight excluding hydrogens is 418 g/mol. The van der Waals surface area contributed by atoms with E-state index in [1.165, 1.54) is 0 Å². The zero-order valence-electron chi connectivity index (χ0n) is 14.8. The van der Waals surface area contributed by atoms with E-state index in [-0.39, 0.29) is 0 Å². The molecule has 0 radical (unpaired) electrons. The normalized spacial score (nSPS) is 16.7. The average molecular weight is 441 g/mol. The smallest absolute Gasteiger partial charge is 0.175 e. The van der Waals surface area contributed by atoms with Gasteiger partial charge in [0.2, 0.25) is 0 Å². The Hall–Kier alpha value is -1.27. The van der Waals surface area contributed by atoms with Crippen molar-refractivity contribution in [2.24, 2.45) is 0 Å². The van der Waals surface area contributed by atoms with Gasteiger partial charge in [-0.25, -0.2) is 0 Å². The number of methoxy groups -OCH3 is 1. The summed E-state index contributed by atoms with van der Waals surface area (Å²) < 4.78 is 18.0. The van der Waals surface area contributed by atoms with E-state index >= 15 is 0 Å². The molecule has 2 aromatic rings. The van der Waals surface area contributed by atoms with Gasteiger partial charge in [-0.2, -0.15) is 0 Å². The van der Waals surface area contributed by atoms with Crippen LogP contribution in [0.1, 0.15) is 24.0 Å². The van der Waals surface area contributed by atoms with E-state index in [1.807, 2.05) is 30.3 Å². The summed E-state index contributed by atoms with van der Waals surface area (Å²) in [5, 5.41) is 4.15. The van der Waals surface area contributed by atoms with Crippen molar-refractivity contribution in [3.8, 4) is 11.5 Å². The Balaban J connectivity index is 1.62. The molecule has 1 N–H and O–H groups in total. The van der Waals surface area contributed by atoms with E-state index in [1.54, 1.807) is 7.11 Å². The SMILES string of the molecule is COc1cc(CNC[C@H]2CCCO2)cc(Br)c1OCc1cccc(Cl)c1. The number of rotatable bonds is 8. The van der Waals surface area contributed by atoms with Gasteiger partial charge in [-0.1, -0.05) is 23.7 Å². The third kappa shape index (κ3) is 5.36. The van der Waals surface area contributed by atoms with Gasteiger partial charge in [-0.15, -0.1) is 0 Å². The summed E-state index contributed by atoms with van der Waals surface area (Å²) in [6, 6.07) is 11.7. The summed E-state index contributed by atoms with van der Waals surface area (Å²) in [4.78, 5) is 0. The van der Waals surface area contributed by atoms with Crippen molar-refractivity contribution in [1.29, 1.82) is 0 Å². The molecule has 1 fully saturated rings. The quantitative estimate of drug-likeness (QED) is 0.630. The number of hydrogen-bond acceptors (Lipinski definition) is 4. The molecule has 26 heavy (non-hydrogen) atoms. The van der Waals surface area contributed by atoms with Crippen molar-refractivity contribution < 1.29 is 14.2 Å². The van der Waals surface area contributed by atoms with E-state index in [4.69, 9.17) is 25.8 Å². The van der Waals surface area contributed by atoms with Crippen molar-refractivity contribution >= 4 is 27.5 Å². The number of nitrogens with one attached hydrogen (secondary N) is 1. The van der Waals surface area contributed by atoms with E-state index in [0.29, 0.717) is 29.2 Å². The van der Waals surface area contributed by atoms with E-state index in [2.05, 4.69) is 27.3 Å². The molecule has 1 saturated heterocycles. The van der Waals surface area contributed by atoms with Gasteiger partial charge in [-0.05, 0) is 64.2 Å². The van der Waals surface area contributed by atoms with Crippen molar-refractivity contribution in [2.75, 3.05) is 20.3 Å². The maximum atomic E-state index is 6.03. The Morgan fingerprint density at radius 1 is 1.27 bits per heavy atom. The first-order valence-corrected chi connectivity index (χ1v) is 9.89. The molecular formula is C20H23BrClNO3. The molecule has 3 rings (SSSR count). The molecule has 140 valence electrons. The van der Waals surface area contributed by atoms with Crippen LogP contribution in [-0.2, 0) is 17.9 Å². The summed E-state index contributed by atoms with van der Waals surface area (Å²) in [5.41, 5.74) is 2.13. The highest BCUT2D eigenvalue weighted by atomic mass is 79.9. The maximum absolute atomic E-state index is 6.03. The predicted octanol–water partition coefficient (Wildman–Crippen LogP) is 4.96. The standard InChI is InChI=1S/C20H23BrClNO3/c1-24-19-10-15(11-23-12-17-6-3-7-25-17)9-18(21)20(19)26-13-14-4-2-5-16(22)8-14/h2,4-5,8-10,17,23H,3,6-7,11-13H2,1H3/t17-/m1/s1. The fraction of sp³-hybridized carbons (Fsp3) is 0.400. The average Bonchev–Trinajstić information content (AvgIpc) is 3.14. The van der Waals surface area contributed by atoms with Crippen LogP contribution in [0, 0.1) is 0 Å². The van der Waals surface area contributed by atoms with Crippen molar-refractivity contribution in [3.63, 3.8) is 0 Å². The van der Waals surface area contributed by atoms with E-state index in [9.17, 15) is 0 Å². The van der Waals surface area contributed by atoms with Crippen LogP contribution >= 0.6 is 27.5 Å². The van der Waals surface area contributed by atoms with Crippen LogP contribution in [0.4, 0.5) is 0 Å². The molecule has 0 unspecified atom stereocenters. The monoisotopic (exact) mass is 439 g/mol. The molecule has 0 aliphatic carbocycles. The molecule has 6 heteroatoms. The predicted molar refractivity (Wildman–Crippen MR) is 107 cm³/mol. The third-order valence-electron chi connectivity index (χ3n) is 4.29. The molecule has 1 aliphatic heterocycles. The fourth-order valence-electron chi connectivity index (χ4n) is 2.98. The first-order valence-electron chi connectivity index (χ1n) is 8.71. The van der Waals surface area contributed by atoms with Gasteiger partial charge in [-0.3, -0.25) is 0 Å². The molecule has 0 bridgehead atoms. The zero-order chi connectivity index (χ0) is 18.4. The van der Waals surface area contributed by atoms with Gasteiger partial charge < -0.3 is 19.5 Å². The van der Waals surface area contributed by atoms with Crippen LogP contribution in [-0.4, -0.2) is 26.4 Å². The topological polar surface area (TPSA) is 39.7 Å². The molecule has 0 spiro atoms. The minimum absolute atomic E-state index is 0.334. The number of ether oxygens (including phenoxy) is 3. The van der Waals surface area contributed by atoms with Gasteiger partial charge in [0.1, 0.15) is 6.61 Å². The first-order chi connectivity index (χ1) is 12.7. The van der Waals surface area contributed by atoms with Crippen LogP contribution in [0.15, 0.2) is 40.9 Å². The number of halogens is 2. The lowest BCUT2D eigenvalue weighted by molar-refractivity contribution is 0.110. The van der Waals surface area contributed by atoms with Crippen LogP contribution in [0.5, 0.6) is 11.5 Å². The fourth-order valence-corrected chi connectivity index (χ4v) is 3.80. The van der Waals surface area contributed by atoms with Gasteiger partial charge in [0, 0.05) is 24.7 Å². The largest absolute Gasteiger partial charge is 0.493 e. The second kappa shape index (κ2) is 9.60. The second-order valence-electron chi connectivity index (χ2n) is 6.29. The van der Waals surface area contributed by atoms with Crippen LogP contribution in [0.2, 0.25) is 5.02 Å². The minimum atomic E-state index is 0.334. The second-order valence-corrected chi connectivity index (χ2v) is 7.58. The molecule has 1 heterocycles. The first kappa shape index (κ1) is 19.5. The lowest BCUT2D eigenvalue weighted by Gasteiger charge is -2.16. The van der Waals surface area contributed by atoms with E-state index in [0.717, 1.165) is 48.1 Å². The van der Waals surface area contributed by atoms with Gasteiger partial charge in [0.05, 0.1) is 17.7 Å². The van der Waals surface area contributed by atoms with Crippen LogP contribution in [0.3, 0.4) is 0 Å². The van der Waals surface area contributed by atoms with Crippen molar-refractivity contribution in [1.82, 2.24) is 5.32 Å². The molecule has 1 aliphatic rings. The Morgan fingerprint density at radius 3 is 2.88 bits per heavy atom.